The van der Waals surface area contributed by atoms with E-state index in [1.807, 2.05) is 0 Å². The molecule has 0 amide bonds. The van der Waals surface area contributed by atoms with Gasteiger partial charge in [-0.2, -0.15) is 0 Å². The third kappa shape index (κ3) is 1.83. The number of para-hydroxylation sites is 1. The lowest BCUT2D eigenvalue weighted by Crippen LogP contribution is -2.17. The van der Waals surface area contributed by atoms with Crippen LogP contribution >= 0.6 is 11.8 Å². The third-order valence-corrected chi connectivity index (χ3v) is 3.26. The number of aromatic hydroxyl groups is 2. The van der Waals surface area contributed by atoms with Crippen molar-refractivity contribution in [3.05, 3.63) is 23.8 Å². The van der Waals surface area contributed by atoms with Crippen molar-refractivity contribution in [2.24, 2.45) is 4.99 Å². The molecule has 0 radical (unpaired) electrons. The molecule has 0 bridgehead atoms. The molecule has 0 fully saturated rings. The number of hydrogen-bond acceptors (Lipinski definition) is 5. The van der Waals surface area contributed by atoms with Gasteiger partial charge in [0.15, 0.2) is 17.5 Å². The summed E-state index contributed by atoms with van der Waals surface area (Å²) in [6.45, 7) is 0. The number of nitrogens with zero attached hydrogens (tertiary/aromatic N) is 1. The number of phenols is 2. The molecule has 16 heavy (non-hydrogen) atoms. The van der Waals surface area contributed by atoms with Crippen LogP contribution in [0, 0.1) is 0 Å². The van der Waals surface area contributed by atoms with Crippen molar-refractivity contribution in [3.63, 3.8) is 0 Å². The van der Waals surface area contributed by atoms with Crippen molar-refractivity contribution >= 4 is 22.8 Å². The van der Waals surface area contributed by atoms with E-state index in [1.165, 1.54) is 17.8 Å². The Morgan fingerprint density at radius 3 is 2.81 bits per heavy atom. The van der Waals surface area contributed by atoms with E-state index in [4.69, 9.17) is 5.11 Å². The Morgan fingerprint density at radius 2 is 2.19 bits per heavy atom. The van der Waals surface area contributed by atoms with Crippen molar-refractivity contribution < 1.29 is 20.1 Å². The molecule has 1 aliphatic rings. The molecule has 84 valence electrons. The van der Waals surface area contributed by atoms with Gasteiger partial charge in [-0.15, -0.1) is 11.8 Å². The van der Waals surface area contributed by atoms with Gasteiger partial charge in [-0.1, -0.05) is 6.07 Å². The van der Waals surface area contributed by atoms with Crippen molar-refractivity contribution in [2.75, 3.05) is 5.75 Å². The first-order valence-electron chi connectivity index (χ1n) is 4.54. The molecule has 0 saturated heterocycles. The molecule has 5 nitrogen and oxygen atoms in total. The van der Waals surface area contributed by atoms with Gasteiger partial charge >= 0.3 is 5.97 Å². The Hall–Kier alpha value is -1.69. The lowest BCUT2D eigenvalue weighted by Gasteiger charge is -2.04. The Kier molecular flexibility index (Phi) is 2.74. The smallest absolute Gasteiger partial charge is 0.329 e. The maximum absolute atomic E-state index is 10.7. The number of rotatable bonds is 2. The molecular formula is C10H9NO4S. The van der Waals surface area contributed by atoms with E-state index in [2.05, 4.69) is 4.99 Å². The summed E-state index contributed by atoms with van der Waals surface area (Å²) in [5.41, 5.74) is 0.369. The standard InChI is InChI=1S/C10H9NO4S/c12-7-3-1-2-5(8(7)13)9-11-6(4-16-9)10(14)15/h1-3,6,12-13H,4H2,(H,14,15)/t6-/m1/s1. The normalized spacial score (nSPS) is 19.5. The van der Waals surface area contributed by atoms with E-state index >= 15 is 0 Å². The van der Waals surface area contributed by atoms with Crippen molar-refractivity contribution in [2.45, 2.75) is 6.04 Å². The summed E-state index contributed by atoms with van der Waals surface area (Å²) >= 11 is 1.25. The summed E-state index contributed by atoms with van der Waals surface area (Å²) in [5, 5.41) is 28.1. The molecule has 0 aromatic heterocycles. The highest BCUT2D eigenvalue weighted by Crippen LogP contribution is 2.34. The van der Waals surface area contributed by atoms with Crippen LogP contribution < -0.4 is 0 Å². The molecule has 1 heterocycles. The largest absolute Gasteiger partial charge is 0.504 e. The highest BCUT2D eigenvalue weighted by atomic mass is 32.2. The lowest BCUT2D eigenvalue weighted by molar-refractivity contribution is -0.137. The lowest BCUT2D eigenvalue weighted by atomic mass is 10.2. The van der Waals surface area contributed by atoms with Gasteiger partial charge < -0.3 is 15.3 Å². The number of hydrogen-bond donors (Lipinski definition) is 3. The Bertz CT molecular complexity index is 472. The number of thioether (sulfide) groups is 1. The van der Waals surface area contributed by atoms with E-state index in [1.54, 1.807) is 12.1 Å². The first-order valence-corrected chi connectivity index (χ1v) is 5.53. The maximum Gasteiger partial charge on any atom is 0.329 e. The SMILES string of the molecule is O=C(O)[C@H]1CSC(c2cccc(O)c2O)=N1. The molecular weight excluding hydrogens is 230 g/mol. The predicted molar refractivity (Wildman–Crippen MR) is 60.2 cm³/mol. The number of carboxylic acids is 1. The average molecular weight is 239 g/mol. The second kappa shape index (κ2) is 4.05. The van der Waals surface area contributed by atoms with Gasteiger partial charge in [0.05, 0.1) is 5.56 Å². The number of benzene rings is 1. The highest BCUT2D eigenvalue weighted by Gasteiger charge is 2.26. The van der Waals surface area contributed by atoms with E-state index < -0.39 is 12.0 Å². The van der Waals surface area contributed by atoms with Crippen LogP contribution in [0.2, 0.25) is 0 Å². The van der Waals surface area contributed by atoms with Crippen LogP contribution in [-0.2, 0) is 4.79 Å². The zero-order chi connectivity index (χ0) is 11.7. The van der Waals surface area contributed by atoms with Gasteiger partial charge in [-0.05, 0) is 12.1 Å². The zero-order valence-electron chi connectivity index (χ0n) is 8.12. The number of carboxylic acid groups (broad SMARTS) is 1. The number of aliphatic carboxylic acids is 1. The number of carbonyl (C=O) groups is 1. The second-order valence-electron chi connectivity index (χ2n) is 3.27. The average Bonchev–Trinajstić information content (AvgIpc) is 2.71. The number of phenolic OH excluding ortho intramolecular Hbond substituents is 2. The molecule has 1 aliphatic heterocycles. The zero-order valence-corrected chi connectivity index (χ0v) is 8.94. The predicted octanol–water partition coefficient (Wildman–Crippen LogP) is 1.04. The fourth-order valence-electron chi connectivity index (χ4n) is 1.35. The summed E-state index contributed by atoms with van der Waals surface area (Å²) in [6, 6.07) is 3.74. The van der Waals surface area contributed by atoms with Crippen molar-refractivity contribution in [1.29, 1.82) is 0 Å². The molecule has 0 aliphatic carbocycles. The van der Waals surface area contributed by atoms with Crippen LogP contribution in [-0.4, -0.2) is 38.1 Å². The molecule has 1 aromatic carbocycles. The summed E-state index contributed by atoms with van der Waals surface area (Å²) in [6.07, 6.45) is 0. The molecule has 3 N–H and O–H groups in total. The minimum absolute atomic E-state index is 0.237. The Labute approximate surface area is 95.4 Å². The Balaban J connectivity index is 2.36. The molecule has 0 unspecified atom stereocenters. The quantitative estimate of drug-likeness (QED) is 0.671. The van der Waals surface area contributed by atoms with Crippen LogP contribution in [0.1, 0.15) is 5.56 Å². The third-order valence-electron chi connectivity index (χ3n) is 2.18. The Morgan fingerprint density at radius 1 is 1.44 bits per heavy atom. The summed E-state index contributed by atoms with van der Waals surface area (Å²) < 4.78 is 0. The fraction of sp³-hybridized carbons (Fsp3) is 0.200. The van der Waals surface area contributed by atoms with Crippen molar-refractivity contribution in [3.8, 4) is 11.5 Å². The first-order chi connectivity index (χ1) is 7.59. The molecule has 1 atom stereocenters. The summed E-state index contributed by atoms with van der Waals surface area (Å²) in [4.78, 5) is 14.7. The van der Waals surface area contributed by atoms with E-state index in [0.717, 1.165) is 0 Å². The van der Waals surface area contributed by atoms with Gasteiger partial charge in [-0.3, -0.25) is 4.99 Å². The maximum atomic E-state index is 10.7. The van der Waals surface area contributed by atoms with Gasteiger partial charge in [0.25, 0.3) is 0 Å². The molecule has 2 rings (SSSR count). The topological polar surface area (TPSA) is 90.1 Å². The van der Waals surface area contributed by atoms with Gasteiger partial charge in [0, 0.05) is 5.75 Å². The van der Waals surface area contributed by atoms with Crippen LogP contribution in [0.5, 0.6) is 11.5 Å². The van der Waals surface area contributed by atoms with Crippen LogP contribution in [0.15, 0.2) is 23.2 Å². The minimum Gasteiger partial charge on any atom is -0.504 e. The molecule has 0 saturated carbocycles. The molecule has 1 aromatic rings. The molecule has 6 heteroatoms. The number of aliphatic imine (C=N–C) groups is 1. The summed E-state index contributed by atoms with van der Waals surface area (Å²) in [7, 11) is 0. The second-order valence-corrected chi connectivity index (χ2v) is 4.28. The minimum atomic E-state index is -0.984. The van der Waals surface area contributed by atoms with E-state index in [-0.39, 0.29) is 11.5 Å². The first kappa shape index (κ1) is 10.8. The summed E-state index contributed by atoms with van der Waals surface area (Å²) in [5.74, 6) is -1.14. The van der Waals surface area contributed by atoms with Crippen LogP contribution in [0.3, 0.4) is 0 Å². The van der Waals surface area contributed by atoms with Crippen molar-refractivity contribution in [1.82, 2.24) is 0 Å². The van der Waals surface area contributed by atoms with Crippen LogP contribution in [0.4, 0.5) is 0 Å². The monoisotopic (exact) mass is 239 g/mol. The van der Waals surface area contributed by atoms with Gasteiger partial charge in [-0.25, -0.2) is 4.79 Å². The van der Waals surface area contributed by atoms with E-state index in [0.29, 0.717) is 16.4 Å². The van der Waals surface area contributed by atoms with Crippen LogP contribution in [0.25, 0.3) is 0 Å². The highest BCUT2D eigenvalue weighted by molar-refractivity contribution is 8.14. The van der Waals surface area contributed by atoms with Gasteiger partial charge in [0.1, 0.15) is 5.04 Å². The van der Waals surface area contributed by atoms with E-state index in [9.17, 15) is 15.0 Å². The molecule has 0 spiro atoms. The fourth-order valence-corrected chi connectivity index (χ4v) is 2.41. The van der Waals surface area contributed by atoms with Gasteiger partial charge in [0.2, 0.25) is 0 Å².